The summed E-state index contributed by atoms with van der Waals surface area (Å²) in [5, 5.41) is 8.18. The van der Waals surface area contributed by atoms with Gasteiger partial charge in [0, 0.05) is 22.1 Å². The third-order valence-corrected chi connectivity index (χ3v) is 5.17. The first kappa shape index (κ1) is 19.1. The zero-order chi connectivity index (χ0) is 19.2. The molecule has 0 spiro atoms. The zero-order valence-electron chi connectivity index (χ0n) is 14.7. The zero-order valence-corrected chi connectivity index (χ0v) is 16.3. The molecule has 1 aromatic carbocycles. The van der Waals surface area contributed by atoms with Crippen LogP contribution in [0.25, 0.3) is 0 Å². The minimum Gasteiger partial charge on any atom is -0.449 e. The summed E-state index contributed by atoms with van der Waals surface area (Å²) in [6.45, 7) is 3.23. The van der Waals surface area contributed by atoms with Crippen LogP contribution in [0.1, 0.15) is 28.7 Å². The lowest BCUT2D eigenvalue weighted by Crippen LogP contribution is -2.29. The van der Waals surface area contributed by atoms with Crippen molar-refractivity contribution in [2.45, 2.75) is 30.6 Å². The molecule has 27 heavy (non-hydrogen) atoms. The number of aryl methyl sites for hydroxylation is 1. The van der Waals surface area contributed by atoms with Gasteiger partial charge in [-0.1, -0.05) is 5.16 Å². The highest BCUT2D eigenvalue weighted by Gasteiger charge is 2.20. The van der Waals surface area contributed by atoms with Crippen LogP contribution in [0.2, 0.25) is 0 Å². The van der Waals surface area contributed by atoms with E-state index in [1.165, 1.54) is 6.92 Å². The average molecular weight is 403 g/mol. The molecule has 0 aliphatic carbocycles. The standard InChI is InChI=1S/C18H17N3O4S2/c1-11-7-16(25-21-11)20-17(22)12(2)24-18(23)13-3-5-15(6-4-13)27-9-14-8-26-10-19-14/h3-8,10,12H,9H2,1-2H3,(H,20,22). The molecule has 1 atom stereocenters. The van der Waals surface area contributed by atoms with E-state index in [0.29, 0.717) is 11.3 Å². The molecule has 3 rings (SSSR count). The van der Waals surface area contributed by atoms with E-state index >= 15 is 0 Å². The molecule has 2 aromatic heterocycles. The number of hydrogen-bond donors (Lipinski definition) is 1. The molecule has 3 aromatic rings. The average Bonchev–Trinajstić information content (AvgIpc) is 3.32. The summed E-state index contributed by atoms with van der Waals surface area (Å²) < 4.78 is 10.1. The van der Waals surface area contributed by atoms with Crippen molar-refractivity contribution in [3.05, 3.63) is 58.2 Å². The summed E-state index contributed by atoms with van der Waals surface area (Å²) in [6, 6.07) is 8.62. The van der Waals surface area contributed by atoms with Gasteiger partial charge in [-0.05, 0) is 38.1 Å². The van der Waals surface area contributed by atoms with E-state index in [2.05, 4.69) is 15.5 Å². The third kappa shape index (κ3) is 5.41. The van der Waals surface area contributed by atoms with Gasteiger partial charge in [0.15, 0.2) is 6.10 Å². The largest absolute Gasteiger partial charge is 0.449 e. The summed E-state index contributed by atoms with van der Waals surface area (Å²) >= 11 is 3.20. The predicted molar refractivity (Wildman–Crippen MR) is 103 cm³/mol. The highest BCUT2D eigenvalue weighted by atomic mass is 32.2. The van der Waals surface area contributed by atoms with Crippen LogP contribution in [0, 0.1) is 6.92 Å². The summed E-state index contributed by atoms with van der Waals surface area (Å²) in [6.07, 6.45) is -0.971. The molecule has 1 N–H and O–H groups in total. The normalized spacial score (nSPS) is 11.8. The van der Waals surface area contributed by atoms with Gasteiger partial charge in [-0.25, -0.2) is 9.78 Å². The van der Waals surface area contributed by atoms with Crippen molar-refractivity contribution in [1.29, 1.82) is 0 Å². The Morgan fingerprint density at radius 1 is 1.33 bits per heavy atom. The Morgan fingerprint density at radius 3 is 2.74 bits per heavy atom. The van der Waals surface area contributed by atoms with Gasteiger partial charge in [0.05, 0.1) is 22.5 Å². The molecule has 9 heteroatoms. The number of anilines is 1. The number of carbonyl (C=O) groups excluding carboxylic acids is 2. The number of amides is 1. The molecule has 140 valence electrons. The van der Waals surface area contributed by atoms with E-state index in [4.69, 9.17) is 9.26 Å². The second-order valence-electron chi connectivity index (χ2n) is 5.66. The predicted octanol–water partition coefficient (Wildman–Crippen LogP) is 3.92. The number of benzene rings is 1. The SMILES string of the molecule is Cc1cc(NC(=O)C(C)OC(=O)c2ccc(SCc3cscn3)cc2)on1. The van der Waals surface area contributed by atoms with E-state index in [-0.39, 0.29) is 5.88 Å². The Hall–Kier alpha value is -2.65. The molecule has 0 fully saturated rings. The Balaban J connectivity index is 1.51. The maximum absolute atomic E-state index is 12.2. The number of hydrogen-bond acceptors (Lipinski definition) is 8. The summed E-state index contributed by atoms with van der Waals surface area (Å²) in [5.74, 6) is -0.0784. The molecular formula is C18H17N3O4S2. The quantitative estimate of drug-likeness (QED) is 0.472. The van der Waals surface area contributed by atoms with Crippen molar-refractivity contribution < 1.29 is 18.8 Å². The Kier molecular flexibility index (Phi) is 6.25. The van der Waals surface area contributed by atoms with Crippen LogP contribution in [0.5, 0.6) is 0 Å². The van der Waals surface area contributed by atoms with Crippen LogP contribution in [0.3, 0.4) is 0 Å². The van der Waals surface area contributed by atoms with E-state index in [0.717, 1.165) is 16.3 Å². The van der Waals surface area contributed by atoms with Gasteiger partial charge in [-0.2, -0.15) is 0 Å². The van der Waals surface area contributed by atoms with E-state index < -0.39 is 18.0 Å². The van der Waals surface area contributed by atoms with Gasteiger partial charge < -0.3 is 9.26 Å². The molecule has 1 amide bonds. The number of thiazole rings is 1. The van der Waals surface area contributed by atoms with Crippen molar-refractivity contribution in [2.24, 2.45) is 0 Å². The fourth-order valence-electron chi connectivity index (χ4n) is 2.08. The van der Waals surface area contributed by atoms with E-state index in [1.807, 2.05) is 17.5 Å². The lowest BCUT2D eigenvalue weighted by Gasteiger charge is -2.12. The summed E-state index contributed by atoms with van der Waals surface area (Å²) in [7, 11) is 0. The summed E-state index contributed by atoms with van der Waals surface area (Å²) in [4.78, 5) is 29.5. The van der Waals surface area contributed by atoms with Crippen LogP contribution < -0.4 is 5.32 Å². The number of nitrogens with one attached hydrogen (secondary N) is 1. The van der Waals surface area contributed by atoms with Gasteiger partial charge in [-0.3, -0.25) is 10.1 Å². The smallest absolute Gasteiger partial charge is 0.338 e. The highest BCUT2D eigenvalue weighted by molar-refractivity contribution is 7.98. The minimum absolute atomic E-state index is 0.210. The van der Waals surface area contributed by atoms with Crippen LogP contribution in [-0.2, 0) is 15.3 Å². The number of thioether (sulfide) groups is 1. The van der Waals surface area contributed by atoms with E-state index in [9.17, 15) is 9.59 Å². The lowest BCUT2D eigenvalue weighted by molar-refractivity contribution is -0.123. The number of rotatable bonds is 7. The van der Waals surface area contributed by atoms with Gasteiger partial charge >= 0.3 is 5.97 Å². The maximum Gasteiger partial charge on any atom is 0.338 e. The first-order valence-electron chi connectivity index (χ1n) is 8.06. The molecule has 0 saturated heterocycles. The molecule has 1 unspecified atom stereocenters. The molecular weight excluding hydrogens is 386 g/mol. The van der Waals surface area contributed by atoms with Crippen molar-refractivity contribution in [2.75, 3.05) is 5.32 Å². The van der Waals surface area contributed by atoms with Gasteiger partial charge in [0.1, 0.15) is 0 Å². The van der Waals surface area contributed by atoms with Crippen molar-refractivity contribution in [3.8, 4) is 0 Å². The Morgan fingerprint density at radius 2 is 2.11 bits per heavy atom. The fourth-order valence-corrected chi connectivity index (χ4v) is 3.55. The van der Waals surface area contributed by atoms with Crippen molar-refractivity contribution in [1.82, 2.24) is 10.1 Å². The molecule has 0 saturated carbocycles. The lowest BCUT2D eigenvalue weighted by atomic mass is 10.2. The number of aromatic nitrogens is 2. The van der Waals surface area contributed by atoms with Crippen LogP contribution in [0.15, 0.2) is 50.6 Å². The molecule has 7 nitrogen and oxygen atoms in total. The second-order valence-corrected chi connectivity index (χ2v) is 7.43. The monoisotopic (exact) mass is 403 g/mol. The van der Waals surface area contributed by atoms with Gasteiger partial charge in [0.2, 0.25) is 5.88 Å². The van der Waals surface area contributed by atoms with Crippen LogP contribution >= 0.6 is 23.1 Å². The first-order chi connectivity index (χ1) is 13.0. The van der Waals surface area contributed by atoms with Gasteiger partial charge in [-0.15, -0.1) is 23.1 Å². The maximum atomic E-state index is 12.2. The topological polar surface area (TPSA) is 94.3 Å². The molecule has 0 bridgehead atoms. The van der Waals surface area contributed by atoms with Crippen molar-refractivity contribution >= 4 is 40.9 Å². The minimum atomic E-state index is -0.971. The number of ether oxygens (including phenoxy) is 1. The number of esters is 1. The van der Waals surface area contributed by atoms with Crippen LogP contribution in [0.4, 0.5) is 5.88 Å². The van der Waals surface area contributed by atoms with Crippen molar-refractivity contribution in [3.63, 3.8) is 0 Å². The Bertz CT molecular complexity index is 907. The molecule has 0 aliphatic rings. The first-order valence-corrected chi connectivity index (χ1v) is 9.99. The summed E-state index contributed by atoms with van der Waals surface area (Å²) in [5.41, 5.74) is 3.84. The number of nitrogens with zero attached hydrogens (tertiary/aromatic N) is 2. The molecule has 0 aliphatic heterocycles. The van der Waals surface area contributed by atoms with Gasteiger partial charge in [0.25, 0.3) is 5.91 Å². The van der Waals surface area contributed by atoms with Crippen LogP contribution in [-0.4, -0.2) is 28.1 Å². The van der Waals surface area contributed by atoms with E-state index in [1.54, 1.807) is 53.7 Å². The third-order valence-electron chi connectivity index (χ3n) is 3.49. The fraction of sp³-hybridized carbons (Fsp3) is 0.222. The number of carbonyl (C=O) groups is 2. The molecule has 2 heterocycles. The second kappa shape index (κ2) is 8.83. The Labute approximate surface area is 164 Å². The highest BCUT2D eigenvalue weighted by Crippen LogP contribution is 2.23. The molecule has 0 radical (unpaired) electrons.